The van der Waals surface area contributed by atoms with Gasteiger partial charge in [0.15, 0.2) is 5.84 Å². The van der Waals surface area contributed by atoms with Gasteiger partial charge in [0, 0.05) is 22.8 Å². The van der Waals surface area contributed by atoms with Crippen LogP contribution in [0.2, 0.25) is 0 Å². The lowest BCUT2D eigenvalue weighted by molar-refractivity contribution is 0.0940. The highest BCUT2D eigenvalue weighted by Crippen LogP contribution is 2.36. The summed E-state index contributed by atoms with van der Waals surface area (Å²) in [7, 11) is 1.51. The molecule has 1 aliphatic rings. The highest BCUT2D eigenvalue weighted by Gasteiger charge is 2.40. The number of rotatable bonds is 3. The van der Waals surface area contributed by atoms with Crippen LogP contribution < -0.4 is 11.1 Å². The van der Waals surface area contributed by atoms with Crippen LogP contribution in [0.1, 0.15) is 55.1 Å². The summed E-state index contributed by atoms with van der Waals surface area (Å²) in [5.41, 5.74) is 9.36. The van der Waals surface area contributed by atoms with Crippen LogP contribution in [0.15, 0.2) is 69.8 Å². The largest absolute Gasteiger partial charge is 0.483 e. The number of amidine groups is 1. The number of halogens is 1. The molecular formula is C26H31FN4O2. The lowest BCUT2D eigenvalue weighted by Crippen LogP contribution is -2.50. The molecule has 6 nitrogen and oxygen atoms in total. The molecule has 1 amide bonds. The van der Waals surface area contributed by atoms with Gasteiger partial charge in [-0.3, -0.25) is 9.79 Å². The Morgan fingerprint density at radius 3 is 2.39 bits per heavy atom. The molecule has 0 saturated carbocycles. The Balaban J connectivity index is 2.19. The number of hydrogen-bond donors (Lipinski definition) is 2. The monoisotopic (exact) mass is 450 g/mol. The SMILES string of the molecule is COC1=NC(=NC(C)(C)C)C(=C(C)N)[C@H](c2ccc(F)cc2)C1NC(=O)c1cccc(C)c1. The molecule has 2 aromatic rings. The summed E-state index contributed by atoms with van der Waals surface area (Å²) in [4.78, 5) is 22.6. The number of carbonyl (C=O) groups excluding carboxylic acids is 1. The Morgan fingerprint density at radius 2 is 1.85 bits per heavy atom. The van der Waals surface area contributed by atoms with Crippen LogP contribution in [0, 0.1) is 12.7 Å². The van der Waals surface area contributed by atoms with Crippen molar-refractivity contribution < 1.29 is 13.9 Å². The van der Waals surface area contributed by atoms with Gasteiger partial charge in [-0.25, -0.2) is 4.39 Å². The summed E-state index contributed by atoms with van der Waals surface area (Å²) >= 11 is 0. The first-order valence-electron chi connectivity index (χ1n) is 10.8. The maximum Gasteiger partial charge on any atom is 0.251 e. The van der Waals surface area contributed by atoms with Crippen molar-refractivity contribution in [2.45, 2.75) is 52.1 Å². The van der Waals surface area contributed by atoms with E-state index in [9.17, 15) is 9.18 Å². The Labute approximate surface area is 194 Å². The number of aliphatic imine (C=N–C) groups is 2. The molecule has 1 aliphatic heterocycles. The van der Waals surface area contributed by atoms with Crippen LogP contribution in [-0.2, 0) is 4.74 Å². The van der Waals surface area contributed by atoms with Gasteiger partial charge < -0.3 is 15.8 Å². The molecule has 0 radical (unpaired) electrons. The van der Waals surface area contributed by atoms with Crippen LogP contribution in [0.5, 0.6) is 0 Å². The van der Waals surface area contributed by atoms with E-state index < -0.39 is 17.5 Å². The first-order chi connectivity index (χ1) is 15.5. The van der Waals surface area contributed by atoms with E-state index in [4.69, 9.17) is 15.5 Å². The zero-order valence-electron chi connectivity index (χ0n) is 19.9. The molecule has 2 atom stereocenters. The fraction of sp³-hybridized carbons (Fsp3) is 0.346. The molecule has 0 fully saturated rings. The van der Waals surface area contributed by atoms with E-state index in [1.165, 1.54) is 19.2 Å². The van der Waals surface area contributed by atoms with Crippen LogP contribution in [0.25, 0.3) is 0 Å². The zero-order chi connectivity index (χ0) is 24.3. The van der Waals surface area contributed by atoms with Crippen molar-refractivity contribution in [3.8, 4) is 0 Å². The highest BCUT2D eigenvalue weighted by molar-refractivity contribution is 6.12. The number of hydrogen-bond acceptors (Lipinski definition) is 4. The van der Waals surface area contributed by atoms with Crippen molar-refractivity contribution in [1.29, 1.82) is 0 Å². The molecule has 0 saturated heterocycles. The van der Waals surface area contributed by atoms with Crippen molar-refractivity contribution in [1.82, 2.24) is 5.32 Å². The van der Waals surface area contributed by atoms with Crippen LogP contribution in [0.4, 0.5) is 4.39 Å². The quantitative estimate of drug-likeness (QED) is 0.721. The number of nitrogens with zero attached hydrogens (tertiary/aromatic N) is 2. The number of methoxy groups -OCH3 is 1. The Kier molecular flexibility index (Phi) is 7.01. The van der Waals surface area contributed by atoms with Crippen molar-refractivity contribution in [3.05, 3.63) is 82.3 Å². The smallest absolute Gasteiger partial charge is 0.251 e. The number of nitrogens with one attached hydrogen (secondary N) is 1. The lowest BCUT2D eigenvalue weighted by Gasteiger charge is -2.35. The Morgan fingerprint density at radius 1 is 1.18 bits per heavy atom. The van der Waals surface area contributed by atoms with E-state index >= 15 is 0 Å². The fourth-order valence-electron chi connectivity index (χ4n) is 3.86. The third-order valence-corrected chi connectivity index (χ3v) is 5.24. The summed E-state index contributed by atoms with van der Waals surface area (Å²) in [6.07, 6.45) is 0. The number of allylic oxidation sites excluding steroid dienone is 1. The van der Waals surface area contributed by atoms with Gasteiger partial charge >= 0.3 is 0 Å². The summed E-state index contributed by atoms with van der Waals surface area (Å²) < 4.78 is 19.4. The molecule has 1 heterocycles. The molecule has 3 N–H and O–H groups in total. The van der Waals surface area contributed by atoms with E-state index in [1.54, 1.807) is 25.1 Å². The molecule has 1 unspecified atom stereocenters. The molecule has 174 valence electrons. The van der Waals surface area contributed by atoms with Crippen molar-refractivity contribution in [3.63, 3.8) is 0 Å². The first-order valence-corrected chi connectivity index (χ1v) is 10.8. The average molecular weight is 451 g/mol. The summed E-state index contributed by atoms with van der Waals surface area (Å²) in [5, 5.41) is 3.06. The van der Waals surface area contributed by atoms with Gasteiger partial charge in [-0.15, -0.1) is 0 Å². The highest BCUT2D eigenvalue weighted by atomic mass is 19.1. The van der Waals surface area contributed by atoms with Crippen LogP contribution in [-0.4, -0.2) is 36.3 Å². The summed E-state index contributed by atoms with van der Waals surface area (Å²) in [6, 6.07) is 12.8. The second kappa shape index (κ2) is 9.57. The number of ether oxygens (including phenoxy) is 1. The minimum Gasteiger partial charge on any atom is -0.483 e. The van der Waals surface area contributed by atoms with E-state index in [1.807, 2.05) is 45.9 Å². The third kappa shape index (κ3) is 5.66. The van der Waals surface area contributed by atoms with Crippen LogP contribution in [0.3, 0.4) is 0 Å². The van der Waals surface area contributed by atoms with E-state index in [2.05, 4.69) is 10.3 Å². The molecule has 0 spiro atoms. The van der Waals surface area contributed by atoms with Gasteiger partial charge in [-0.2, -0.15) is 4.99 Å². The molecule has 7 heteroatoms. The minimum absolute atomic E-state index is 0.272. The molecule has 2 aromatic carbocycles. The topological polar surface area (TPSA) is 89.1 Å². The fourth-order valence-corrected chi connectivity index (χ4v) is 3.86. The lowest BCUT2D eigenvalue weighted by atomic mass is 9.80. The normalized spacial score (nSPS) is 21.4. The molecule has 0 bridgehead atoms. The second-order valence-corrected chi connectivity index (χ2v) is 9.21. The average Bonchev–Trinajstić information content (AvgIpc) is 2.73. The van der Waals surface area contributed by atoms with E-state index in [-0.39, 0.29) is 11.7 Å². The van der Waals surface area contributed by atoms with Gasteiger partial charge in [-0.1, -0.05) is 29.8 Å². The van der Waals surface area contributed by atoms with Gasteiger partial charge in [0.25, 0.3) is 5.91 Å². The second-order valence-electron chi connectivity index (χ2n) is 9.21. The molecule has 0 aliphatic carbocycles. The first kappa shape index (κ1) is 24.2. The number of aryl methyl sites for hydroxylation is 1. The molecular weight excluding hydrogens is 419 g/mol. The van der Waals surface area contributed by atoms with Gasteiger partial charge in [0.1, 0.15) is 11.9 Å². The molecule has 0 aromatic heterocycles. The van der Waals surface area contributed by atoms with Crippen molar-refractivity contribution in [2.75, 3.05) is 7.11 Å². The Hall–Kier alpha value is -3.48. The number of nitrogens with two attached hydrogens (primary N) is 1. The van der Waals surface area contributed by atoms with Crippen LogP contribution >= 0.6 is 0 Å². The number of amides is 1. The molecule has 3 rings (SSSR count). The summed E-state index contributed by atoms with van der Waals surface area (Å²) in [6.45, 7) is 9.59. The maximum absolute atomic E-state index is 13.7. The number of benzene rings is 2. The summed E-state index contributed by atoms with van der Waals surface area (Å²) in [5.74, 6) is -0.356. The van der Waals surface area contributed by atoms with Gasteiger partial charge in [-0.05, 0) is 64.4 Å². The van der Waals surface area contributed by atoms with Crippen molar-refractivity contribution >= 4 is 17.6 Å². The van der Waals surface area contributed by atoms with E-state index in [0.29, 0.717) is 28.6 Å². The van der Waals surface area contributed by atoms with E-state index in [0.717, 1.165) is 11.1 Å². The Bertz CT molecular complexity index is 1120. The standard InChI is InChI=1S/C26H31FN4O2/c1-15-8-7-9-18(14-15)24(32)29-22-21(17-10-12-19(27)13-11-17)20(16(2)28)23(30-25(22)33-6)31-26(3,4)5/h7-14,21-22H,28H2,1-6H3,(H,29,32)/t21-,22?/m0/s1. The van der Waals surface area contributed by atoms with Gasteiger partial charge in [0.2, 0.25) is 5.90 Å². The predicted molar refractivity (Wildman–Crippen MR) is 130 cm³/mol. The van der Waals surface area contributed by atoms with Crippen molar-refractivity contribution in [2.24, 2.45) is 15.7 Å². The van der Waals surface area contributed by atoms with Gasteiger partial charge in [0.05, 0.1) is 12.6 Å². The zero-order valence-corrected chi connectivity index (χ0v) is 19.9. The number of carbonyl (C=O) groups is 1. The minimum atomic E-state index is -0.666. The molecule has 33 heavy (non-hydrogen) atoms. The third-order valence-electron chi connectivity index (χ3n) is 5.24. The maximum atomic E-state index is 13.7. The predicted octanol–water partition coefficient (Wildman–Crippen LogP) is 4.50.